The van der Waals surface area contributed by atoms with Crippen molar-refractivity contribution in [3.8, 4) is 16.9 Å². The molecule has 0 saturated carbocycles. The summed E-state index contributed by atoms with van der Waals surface area (Å²) in [6, 6.07) is 12.9. The van der Waals surface area contributed by atoms with Crippen LogP contribution in [0.15, 0.2) is 42.5 Å². The highest BCUT2D eigenvalue weighted by molar-refractivity contribution is 5.99. The molecule has 5 heteroatoms. The summed E-state index contributed by atoms with van der Waals surface area (Å²) in [7, 11) is 1.50. The Hall–Kier alpha value is -2.66. The Bertz CT molecular complexity index is 752. The second kappa shape index (κ2) is 6.22. The summed E-state index contributed by atoms with van der Waals surface area (Å²) in [5.41, 5.74) is 3.16. The molecule has 1 aliphatic heterocycles. The molecule has 1 heterocycles. The molecule has 5 nitrogen and oxygen atoms in total. The fourth-order valence-electron chi connectivity index (χ4n) is 2.45. The first kappa shape index (κ1) is 15.2. The van der Waals surface area contributed by atoms with Crippen LogP contribution in [-0.2, 0) is 9.53 Å². The van der Waals surface area contributed by atoms with Gasteiger partial charge in [0.25, 0.3) is 5.91 Å². The molecule has 1 amide bonds. The van der Waals surface area contributed by atoms with Crippen LogP contribution in [0.1, 0.15) is 17.3 Å². The molecule has 2 aromatic carbocycles. The second-order valence-electron chi connectivity index (χ2n) is 5.39. The Morgan fingerprint density at radius 1 is 1.17 bits per heavy atom. The molecule has 0 aromatic heterocycles. The topological polar surface area (TPSA) is 64.6 Å². The number of carbonyl (C=O) groups excluding carboxylic acids is 2. The Balaban J connectivity index is 1.86. The number of methoxy groups -OCH3 is 1. The van der Waals surface area contributed by atoms with E-state index < -0.39 is 6.10 Å². The van der Waals surface area contributed by atoms with Gasteiger partial charge in [0.2, 0.25) is 0 Å². The third-order valence-electron chi connectivity index (χ3n) is 3.73. The van der Waals surface area contributed by atoms with Crippen molar-refractivity contribution in [2.75, 3.05) is 19.0 Å². The molecular formula is C18H17NO4. The first-order valence-corrected chi connectivity index (χ1v) is 7.32. The van der Waals surface area contributed by atoms with E-state index in [0.29, 0.717) is 17.0 Å². The van der Waals surface area contributed by atoms with Crippen LogP contribution in [0.3, 0.4) is 0 Å². The number of rotatable bonds is 4. The highest BCUT2D eigenvalue weighted by Crippen LogP contribution is 2.34. The predicted molar refractivity (Wildman–Crippen MR) is 86.8 cm³/mol. The molecule has 0 aliphatic carbocycles. The number of fused-ring (bicyclic) bond motifs is 1. The lowest BCUT2D eigenvalue weighted by Crippen LogP contribution is -2.34. The minimum atomic E-state index is -0.487. The Kier molecular flexibility index (Phi) is 4.12. The first-order chi connectivity index (χ1) is 11.1. The van der Waals surface area contributed by atoms with Gasteiger partial charge < -0.3 is 14.8 Å². The lowest BCUT2D eigenvalue weighted by atomic mass is 10.0. The van der Waals surface area contributed by atoms with Gasteiger partial charge in [0.05, 0.1) is 5.69 Å². The molecule has 2 aromatic rings. The molecule has 0 bridgehead atoms. The van der Waals surface area contributed by atoms with Gasteiger partial charge in [-0.3, -0.25) is 9.59 Å². The fourth-order valence-corrected chi connectivity index (χ4v) is 2.45. The van der Waals surface area contributed by atoms with Crippen molar-refractivity contribution >= 4 is 17.4 Å². The van der Waals surface area contributed by atoms with Crippen LogP contribution in [0.5, 0.6) is 5.75 Å². The van der Waals surface area contributed by atoms with Crippen LogP contribution >= 0.6 is 0 Å². The third kappa shape index (κ3) is 3.10. The van der Waals surface area contributed by atoms with Gasteiger partial charge in [-0.2, -0.15) is 0 Å². The van der Waals surface area contributed by atoms with Gasteiger partial charge in [-0.1, -0.05) is 30.3 Å². The lowest BCUT2D eigenvalue weighted by Gasteiger charge is -2.23. The smallest absolute Gasteiger partial charge is 0.265 e. The van der Waals surface area contributed by atoms with Crippen LogP contribution in [0.25, 0.3) is 11.1 Å². The number of ether oxygens (including phenoxy) is 2. The Labute approximate surface area is 134 Å². The molecule has 1 aliphatic rings. The first-order valence-electron chi connectivity index (χ1n) is 7.32. The monoisotopic (exact) mass is 311 g/mol. The van der Waals surface area contributed by atoms with E-state index in [2.05, 4.69) is 5.32 Å². The quantitative estimate of drug-likeness (QED) is 0.882. The number of hydrogen-bond acceptors (Lipinski definition) is 4. The van der Waals surface area contributed by atoms with E-state index in [0.717, 1.165) is 11.1 Å². The molecule has 1 atom stereocenters. The number of amides is 1. The van der Waals surface area contributed by atoms with Gasteiger partial charge in [-0.05, 0) is 30.2 Å². The summed E-state index contributed by atoms with van der Waals surface area (Å²) in [4.78, 5) is 23.5. The van der Waals surface area contributed by atoms with Gasteiger partial charge in [-0.15, -0.1) is 0 Å². The van der Waals surface area contributed by atoms with Crippen LogP contribution in [0.2, 0.25) is 0 Å². The predicted octanol–water partition coefficient (Wildman–Crippen LogP) is 2.90. The maximum Gasteiger partial charge on any atom is 0.265 e. The summed E-state index contributed by atoms with van der Waals surface area (Å²) in [6.45, 7) is 1.78. The fraction of sp³-hybridized carbons (Fsp3) is 0.222. The number of anilines is 1. The summed E-state index contributed by atoms with van der Waals surface area (Å²) < 4.78 is 10.4. The number of hydrogen-bond donors (Lipinski definition) is 1. The summed E-state index contributed by atoms with van der Waals surface area (Å²) in [6.07, 6.45) is -0.487. The number of benzene rings is 2. The van der Waals surface area contributed by atoms with E-state index in [1.807, 2.05) is 30.3 Å². The summed E-state index contributed by atoms with van der Waals surface area (Å²) in [5.74, 6) is 0.446. The van der Waals surface area contributed by atoms with E-state index in [9.17, 15) is 9.59 Å². The van der Waals surface area contributed by atoms with Crippen molar-refractivity contribution in [2.24, 2.45) is 0 Å². The largest absolute Gasteiger partial charge is 0.479 e. The van der Waals surface area contributed by atoms with Crippen molar-refractivity contribution in [3.63, 3.8) is 0 Å². The molecule has 0 saturated heterocycles. The van der Waals surface area contributed by atoms with Crippen molar-refractivity contribution in [1.29, 1.82) is 0 Å². The van der Waals surface area contributed by atoms with Gasteiger partial charge in [0, 0.05) is 12.7 Å². The minimum absolute atomic E-state index is 0.0564. The molecule has 118 valence electrons. The zero-order chi connectivity index (χ0) is 16.4. The molecule has 23 heavy (non-hydrogen) atoms. The normalized spacial score (nSPS) is 16.3. The van der Waals surface area contributed by atoms with Crippen molar-refractivity contribution in [1.82, 2.24) is 0 Å². The molecule has 0 spiro atoms. The van der Waals surface area contributed by atoms with E-state index in [4.69, 9.17) is 9.47 Å². The maximum absolute atomic E-state index is 11.8. The second-order valence-corrected chi connectivity index (χ2v) is 5.39. The van der Waals surface area contributed by atoms with Gasteiger partial charge in [0.1, 0.15) is 12.4 Å². The van der Waals surface area contributed by atoms with Crippen LogP contribution in [-0.4, -0.2) is 31.5 Å². The van der Waals surface area contributed by atoms with Crippen molar-refractivity contribution < 1.29 is 19.1 Å². The number of ketones is 1. The highest BCUT2D eigenvalue weighted by Gasteiger charge is 2.23. The highest BCUT2D eigenvalue weighted by atomic mass is 16.5. The number of nitrogens with one attached hydrogen (secondary N) is 1. The molecule has 0 radical (unpaired) electrons. The SMILES string of the molecule is COCC(=O)c1ccc(-c2ccc3c(c2)NC(=O)C(C)O3)cc1. The van der Waals surface area contributed by atoms with Crippen LogP contribution in [0.4, 0.5) is 5.69 Å². The minimum Gasteiger partial charge on any atom is -0.479 e. The van der Waals surface area contributed by atoms with Gasteiger partial charge in [-0.25, -0.2) is 0 Å². The lowest BCUT2D eigenvalue weighted by molar-refractivity contribution is -0.122. The standard InChI is InChI=1S/C18H17NO4/c1-11-18(21)19-15-9-14(7-8-17(15)23-11)12-3-5-13(6-4-12)16(20)10-22-2/h3-9,11H,10H2,1-2H3,(H,19,21). The molecule has 1 N–H and O–H groups in total. The van der Waals surface area contributed by atoms with E-state index in [-0.39, 0.29) is 18.3 Å². The summed E-state index contributed by atoms with van der Waals surface area (Å²) >= 11 is 0. The van der Waals surface area contributed by atoms with Crippen LogP contribution < -0.4 is 10.1 Å². The maximum atomic E-state index is 11.8. The zero-order valence-corrected chi connectivity index (χ0v) is 13.0. The zero-order valence-electron chi connectivity index (χ0n) is 13.0. The van der Waals surface area contributed by atoms with E-state index in [1.165, 1.54) is 7.11 Å². The Morgan fingerprint density at radius 3 is 2.57 bits per heavy atom. The average molecular weight is 311 g/mol. The van der Waals surface area contributed by atoms with Gasteiger partial charge in [0.15, 0.2) is 11.9 Å². The van der Waals surface area contributed by atoms with Crippen LogP contribution in [0, 0.1) is 0 Å². The van der Waals surface area contributed by atoms with Crippen molar-refractivity contribution in [2.45, 2.75) is 13.0 Å². The Morgan fingerprint density at radius 2 is 1.87 bits per heavy atom. The van der Waals surface area contributed by atoms with Crippen molar-refractivity contribution in [3.05, 3.63) is 48.0 Å². The van der Waals surface area contributed by atoms with E-state index in [1.54, 1.807) is 19.1 Å². The molecule has 3 rings (SSSR count). The van der Waals surface area contributed by atoms with E-state index >= 15 is 0 Å². The average Bonchev–Trinajstić information content (AvgIpc) is 2.56. The molecule has 1 unspecified atom stereocenters. The number of Topliss-reactive ketones (excluding diaryl/α,β-unsaturated/α-hetero) is 1. The third-order valence-corrected chi connectivity index (χ3v) is 3.73. The number of carbonyl (C=O) groups is 2. The summed E-state index contributed by atoms with van der Waals surface area (Å²) in [5, 5.41) is 2.83. The molecule has 0 fully saturated rings. The molecular weight excluding hydrogens is 294 g/mol. The van der Waals surface area contributed by atoms with Gasteiger partial charge >= 0.3 is 0 Å².